The maximum atomic E-state index is 12.1. The lowest BCUT2D eigenvalue weighted by atomic mass is 9.53. The van der Waals surface area contributed by atoms with Crippen molar-refractivity contribution < 1.29 is 18.9 Å². The predicted molar refractivity (Wildman–Crippen MR) is 110 cm³/mol. The van der Waals surface area contributed by atoms with Crippen LogP contribution in [-0.2, 0) is 11.8 Å². The summed E-state index contributed by atoms with van der Waals surface area (Å²) in [5.41, 5.74) is 5.77. The van der Waals surface area contributed by atoms with Gasteiger partial charge in [0.05, 0.1) is 26.6 Å². The summed E-state index contributed by atoms with van der Waals surface area (Å²) >= 11 is 0. The maximum absolute atomic E-state index is 12.1. The predicted octanol–water partition coefficient (Wildman–Crippen LogP) is 1.43. The number of likely N-dealkylation sites (tertiary alicyclic amines) is 1. The second-order valence-corrected chi connectivity index (χ2v) is 9.37. The van der Waals surface area contributed by atoms with E-state index in [0.717, 1.165) is 30.9 Å². The molecule has 1 aromatic rings. The van der Waals surface area contributed by atoms with Crippen LogP contribution in [0.15, 0.2) is 24.3 Å². The maximum Gasteiger partial charge on any atom is 0.358 e. The highest BCUT2D eigenvalue weighted by Gasteiger charge is 2.66. The number of hydrogen-bond donors (Lipinski definition) is 2. The number of amides is 2. The second-order valence-electron chi connectivity index (χ2n) is 9.37. The zero-order valence-corrected chi connectivity index (χ0v) is 17.9. The first kappa shape index (κ1) is 18.8. The number of urea groups is 1. The van der Waals surface area contributed by atoms with Gasteiger partial charge >= 0.3 is 6.03 Å². The van der Waals surface area contributed by atoms with Crippen LogP contribution in [0.1, 0.15) is 17.5 Å². The lowest BCUT2D eigenvalue weighted by Gasteiger charge is -2.57. The first-order chi connectivity index (χ1) is 13.8. The van der Waals surface area contributed by atoms with E-state index in [4.69, 9.17) is 9.47 Å². The number of piperidine rings is 1. The molecule has 5 rings (SSSR count). The molecule has 29 heavy (non-hydrogen) atoms. The standard InChI is InChI=1S/C22H30N4O3/c1-23-21(27)24-26(3,4)17-7-6-15-16-11-13-10-14(28-5)12-18-19(13)22(15,20(17)29-18)8-9-25(16)2/h6-7,10,12,15-17,20H,8-9,11H2,1-5H3,(H-,23,24,27)/p+1. The molecule has 2 bridgehead atoms. The Bertz CT molecular complexity index is 898. The van der Waals surface area contributed by atoms with Gasteiger partial charge in [0, 0.05) is 30.6 Å². The van der Waals surface area contributed by atoms with Crippen LogP contribution in [-0.4, -0.2) is 75.6 Å². The minimum atomic E-state index is -0.189. The van der Waals surface area contributed by atoms with E-state index in [0.29, 0.717) is 16.6 Å². The average molecular weight is 400 g/mol. The molecule has 5 unspecified atom stereocenters. The molecule has 1 fully saturated rings. The Hall–Kier alpha value is -2.25. The highest BCUT2D eigenvalue weighted by atomic mass is 16.5. The number of rotatable bonds is 3. The number of carbonyl (C=O) groups excluding carboxylic acids is 1. The minimum absolute atomic E-state index is 0.0111. The summed E-state index contributed by atoms with van der Waals surface area (Å²) in [4.78, 5) is 14.6. The van der Waals surface area contributed by atoms with Crippen LogP contribution in [0.2, 0.25) is 0 Å². The molecule has 4 aliphatic rings. The Balaban J connectivity index is 1.66. The molecule has 5 atom stereocenters. The van der Waals surface area contributed by atoms with Crippen molar-refractivity contribution in [3.05, 3.63) is 35.4 Å². The van der Waals surface area contributed by atoms with Crippen molar-refractivity contribution in [3.63, 3.8) is 0 Å². The Morgan fingerprint density at radius 3 is 2.86 bits per heavy atom. The van der Waals surface area contributed by atoms with Crippen molar-refractivity contribution in [2.45, 2.75) is 36.4 Å². The van der Waals surface area contributed by atoms with Crippen LogP contribution in [0, 0.1) is 5.92 Å². The van der Waals surface area contributed by atoms with E-state index >= 15 is 0 Å². The topological polar surface area (TPSA) is 62.8 Å². The molecular formula is C22H31N4O3+. The van der Waals surface area contributed by atoms with Gasteiger partial charge in [-0.25, -0.2) is 9.39 Å². The molecule has 1 aromatic carbocycles. The van der Waals surface area contributed by atoms with E-state index in [9.17, 15) is 4.79 Å². The molecule has 0 saturated carbocycles. The lowest BCUT2D eigenvalue weighted by molar-refractivity contribution is -0.945. The molecule has 0 aromatic heterocycles. The molecule has 2 aliphatic heterocycles. The molecular weight excluding hydrogens is 368 g/mol. The quantitative estimate of drug-likeness (QED) is 0.459. The Labute approximate surface area is 172 Å². The van der Waals surface area contributed by atoms with E-state index in [1.807, 2.05) is 20.2 Å². The molecule has 2 aliphatic carbocycles. The highest BCUT2D eigenvalue weighted by molar-refractivity contribution is 5.72. The zero-order valence-electron chi connectivity index (χ0n) is 17.9. The van der Waals surface area contributed by atoms with Crippen molar-refractivity contribution in [2.24, 2.45) is 5.92 Å². The zero-order chi connectivity index (χ0) is 20.6. The fourth-order valence-corrected chi connectivity index (χ4v) is 6.33. The average Bonchev–Trinajstić information content (AvgIpc) is 3.02. The Morgan fingerprint density at radius 1 is 1.34 bits per heavy atom. The van der Waals surface area contributed by atoms with Gasteiger partial charge in [0.1, 0.15) is 11.5 Å². The molecule has 0 radical (unpaired) electrons. The monoisotopic (exact) mass is 399 g/mol. The third kappa shape index (κ3) is 2.40. The summed E-state index contributed by atoms with van der Waals surface area (Å²) in [6.45, 7) is 1.06. The van der Waals surface area contributed by atoms with E-state index in [2.05, 4.69) is 40.9 Å². The summed E-state index contributed by atoms with van der Waals surface area (Å²) in [6, 6.07) is 4.53. The van der Waals surface area contributed by atoms with E-state index < -0.39 is 0 Å². The smallest absolute Gasteiger partial charge is 0.358 e. The van der Waals surface area contributed by atoms with Crippen LogP contribution in [0.3, 0.4) is 0 Å². The van der Waals surface area contributed by atoms with Crippen molar-refractivity contribution in [2.75, 3.05) is 41.8 Å². The van der Waals surface area contributed by atoms with Gasteiger partial charge in [0.2, 0.25) is 0 Å². The molecule has 7 nitrogen and oxygen atoms in total. The van der Waals surface area contributed by atoms with Crippen molar-refractivity contribution >= 4 is 6.03 Å². The van der Waals surface area contributed by atoms with Gasteiger partial charge in [-0.2, -0.15) is 5.43 Å². The molecule has 156 valence electrons. The fraction of sp³-hybridized carbons (Fsp3) is 0.591. The molecule has 2 heterocycles. The van der Waals surface area contributed by atoms with Crippen LogP contribution in [0.5, 0.6) is 11.5 Å². The number of carbonyl (C=O) groups is 1. The minimum Gasteiger partial charge on any atom is -0.497 e. The normalized spacial score (nSPS) is 34.2. The molecule has 2 N–H and O–H groups in total. The van der Waals surface area contributed by atoms with Crippen LogP contribution in [0.4, 0.5) is 4.79 Å². The van der Waals surface area contributed by atoms with Gasteiger partial charge in [-0.1, -0.05) is 6.08 Å². The Kier molecular flexibility index (Phi) is 3.96. The largest absolute Gasteiger partial charge is 0.497 e. The van der Waals surface area contributed by atoms with Gasteiger partial charge in [0.15, 0.2) is 12.1 Å². The molecule has 1 saturated heterocycles. The molecule has 2 amide bonds. The van der Waals surface area contributed by atoms with Gasteiger partial charge in [0.25, 0.3) is 0 Å². The summed E-state index contributed by atoms with van der Waals surface area (Å²) in [7, 11) is 9.66. The number of nitrogens with one attached hydrogen (secondary N) is 2. The number of likely N-dealkylation sites (N-methyl/N-ethyl adjacent to an activating group) is 2. The summed E-state index contributed by atoms with van der Waals surface area (Å²) in [6.07, 6.45) is 6.72. The van der Waals surface area contributed by atoms with E-state index in [1.54, 1.807) is 14.2 Å². The molecule has 1 spiro atoms. The summed E-state index contributed by atoms with van der Waals surface area (Å²) < 4.78 is 12.6. The number of benzene rings is 1. The van der Waals surface area contributed by atoms with E-state index in [1.165, 1.54) is 11.1 Å². The number of quaternary nitrogens is 1. The first-order valence-corrected chi connectivity index (χ1v) is 10.4. The number of ether oxygens (including phenoxy) is 2. The molecule has 7 heteroatoms. The van der Waals surface area contributed by atoms with Crippen molar-refractivity contribution in [3.8, 4) is 11.5 Å². The third-order valence-corrected chi connectivity index (χ3v) is 7.69. The first-order valence-electron chi connectivity index (χ1n) is 10.4. The van der Waals surface area contributed by atoms with Crippen molar-refractivity contribution in [1.29, 1.82) is 0 Å². The SMILES string of the molecule is CNC(=O)N[N+](C)(C)C1C=CC2C3Cc4cc(OC)cc5c4C2(CCN3C)C1O5. The van der Waals surface area contributed by atoms with E-state index in [-0.39, 0.29) is 23.6 Å². The lowest BCUT2D eigenvalue weighted by Crippen LogP contribution is -2.72. The number of nitrogens with zero attached hydrogens (tertiary/aromatic N) is 2. The number of methoxy groups -OCH3 is 1. The van der Waals surface area contributed by atoms with Gasteiger partial charge in [-0.15, -0.1) is 0 Å². The Morgan fingerprint density at radius 2 is 2.14 bits per heavy atom. The summed E-state index contributed by atoms with van der Waals surface area (Å²) in [5.74, 6) is 2.24. The number of hydrogen-bond acceptors (Lipinski definition) is 4. The highest BCUT2D eigenvalue weighted by Crippen LogP contribution is 2.61. The van der Waals surface area contributed by atoms with Crippen LogP contribution >= 0.6 is 0 Å². The fourth-order valence-electron chi connectivity index (χ4n) is 6.33. The van der Waals surface area contributed by atoms with Crippen molar-refractivity contribution in [1.82, 2.24) is 15.6 Å². The van der Waals surface area contributed by atoms with Gasteiger partial charge < -0.3 is 19.7 Å². The van der Waals surface area contributed by atoms with Crippen LogP contribution in [0.25, 0.3) is 0 Å². The van der Waals surface area contributed by atoms with Crippen LogP contribution < -0.4 is 20.2 Å². The van der Waals surface area contributed by atoms with Gasteiger partial charge in [-0.05, 0) is 44.1 Å². The third-order valence-electron chi connectivity index (χ3n) is 7.69. The van der Waals surface area contributed by atoms with Gasteiger partial charge in [-0.3, -0.25) is 0 Å². The summed E-state index contributed by atoms with van der Waals surface area (Å²) in [5, 5.41) is 2.67. The second kappa shape index (κ2) is 6.12.